The lowest BCUT2D eigenvalue weighted by atomic mass is 9.86. The molecular formula is C36H45ClF2N8O4. The van der Waals surface area contributed by atoms with Crippen molar-refractivity contribution in [3.8, 4) is 0 Å². The van der Waals surface area contributed by atoms with Gasteiger partial charge >= 0.3 is 6.09 Å². The zero-order valence-corrected chi connectivity index (χ0v) is 30.5. The van der Waals surface area contributed by atoms with Crippen LogP contribution in [0.1, 0.15) is 81.4 Å². The average molecular weight is 727 g/mol. The van der Waals surface area contributed by atoms with Crippen LogP contribution in [0.4, 0.5) is 25.1 Å². The summed E-state index contributed by atoms with van der Waals surface area (Å²) in [6, 6.07) is 6.37. The fourth-order valence-corrected chi connectivity index (χ4v) is 7.39. The molecule has 1 atom stereocenters. The maximum Gasteiger partial charge on any atom is 0.410 e. The van der Waals surface area contributed by atoms with E-state index in [0.29, 0.717) is 41.6 Å². The predicted octanol–water partition coefficient (Wildman–Crippen LogP) is 6.19. The van der Waals surface area contributed by atoms with E-state index >= 15 is 8.78 Å². The topological polar surface area (TPSA) is 126 Å². The quantitative estimate of drug-likeness (QED) is 0.235. The fraction of sp³-hybridized carbons (Fsp3) is 0.500. The normalized spacial score (nSPS) is 18.3. The first-order valence-electron chi connectivity index (χ1n) is 17.0. The van der Waals surface area contributed by atoms with Gasteiger partial charge in [-0.3, -0.25) is 19.7 Å². The Kier molecular flexibility index (Phi) is 9.70. The number of amides is 3. The summed E-state index contributed by atoms with van der Waals surface area (Å²) in [6.45, 7) is 16.7. The molecule has 3 aliphatic heterocycles. The summed E-state index contributed by atoms with van der Waals surface area (Å²) in [5, 5.41) is 19.0. The van der Waals surface area contributed by atoms with Gasteiger partial charge in [0, 0.05) is 59.8 Å². The second kappa shape index (κ2) is 13.6. The molecule has 3 N–H and O–H groups in total. The number of aromatic nitrogens is 2. The number of alkyl halides is 2. The molecule has 15 heteroatoms. The van der Waals surface area contributed by atoms with Crippen LogP contribution >= 0.6 is 11.6 Å². The fourth-order valence-electron chi connectivity index (χ4n) is 6.94. The molecule has 0 saturated carbocycles. The number of likely N-dealkylation sites (tertiary alicyclic amines) is 2. The van der Waals surface area contributed by atoms with Gasteiger partial charge in [0.15, 0.2) is 5.82 Å². The van der Waals surface area contributed by atoms with Crippen molar-refractivity contribution in [2.24, 2.45) is 0 Å². The summed E-state index contributed by atoms with van der Waals surface area (Å²) in [4.78, 5) is 41.4. The number of halogens is 3. The Morgan fingerprint density at radius 3 is 2.49 bits per heavy atom. The number of fused-ring (bicyclic) bond motifs is 2. The minimum atomic E-state index is -2.94. The Labute approximate surface area is 301 Å². The highest BCUT2D eigenvalue weighted by molar-refractivity contribution is 6.32. The van der Waals surface area contributed by atoms with Crippen LogP contribution in [-0.4, -0.2) is 93.4 Å². The number of rotatable bonds is 8. The monoisotopic (exact) mass is 726 g/mol. The molecule has 51 heavy (non-hydrogen) atoms. The molecule has 0 spiro atoms. The van der Waals surface area contributed by atoms with Crippen LogP contribution < -0.4 is 15.6 Å². The van der Waals surface area contributed by atoms with Crippen LogP contribution in [0.3, 0.4) is 0 Å². The molecule has 6 rings (SSSR count). The molecule has 4 heterocycles. The van der Waals surface area contributed by atoms with Gasteiger partial charge in [-0.2, -0.15) is 10.1 Å². The van der Waals surface area contributed by atoms with Gasteiger partial charge in [0.25, 0.3) is 12.3 Å². The highest BCUT2D eigenvalue weighted by Crippen LogP contribution is 2.42. The smallest absolute Gasteiger partial charge is 0.410 e. The van der Waals surface area contributed by atoms with E-state index in [1.54, 1.807) is 31.7 Å². The number of carbonyl (C=O) groups excluding carboxylic acids is 3. The summed E-state index contributed by atoms with van der Waals surface area (Å²) < 4.78 is 35.6. The standard InChI is InChI=1S/C36H45ClF2N8O4/c1-8-29(48)45-15-20(16-45)41-33(49)22-9-10-28-24(30(22)31(38)39)18-46(47(28)21-11-12-44(17-21)34(50)51-36(5,6)7)19-40-32-23-13-25(35(2,3)4)26(37)14-27(23)42-43-32/h8-10,13-14,20-21,31H,1,11-12,15-19H2,2-7H3,(H,41,49)(H2,40,42,43). The number of nitrogens with zero attached hydrogens (tertiary/aromatic N) is 5. The molecule has 0 radical (unpaired) electrons. The molecule has 2 aromatic carbocycles. The average Bonchev–Trinajstić information content (AvgIpc) is 3.75. The Morgan fingerprint density at radius 1 is 1.12 bits per heavy atom. The van der Waals surface area contributed by atoms with Gasteiger partial charge < -0.3 is 25.2 Å². The van der Waals surface area contributed by atoms with Crippen LogP contribution in [0.5, 0.6) is 0 Å². The highest BCUT2D eigenvalue weighted by Gasteiger charge is 2.42. The second-order valence-electron chi connectivity index (χ2n) is 15.4. The molecule has 2 saturated heterocycles. The van der Waals surface area contributed by atoms with Gasteiger partial charge in [0.05, 0.1) is 30.0 Å². The van der Waals surface area contributed by atoms with Crippen molar-refractivity contribution in [2.45, 2.75) is 84.0 Å². The Morgan fingerprint density at radius 2 is 1.84 bits per heavy atom. The Balaban J connectivity index is 1.30. The van der Waals surface area contributed by atoms with Gasteiger partial charge in [-0.25, -0.2) is 13.6 Å². The molecule has 12 nitrogen and oxygen atoms in total. The van der Waals surface area contributed by atoms with Crippen LogP contribution in [0.15, 0.2) is 36.9 Å². The number of ether oxygens (including phenoxy) is 1. The van der Waals surface area contributed by atoms with E-state index in [2.05, 4.69) is 48.2 Å². The first-order chi connectivity index (χ1) is 23.9. The largest absolute Gasteiger partial charge is 0.444 e. The van der Waals surface area contributed by atoms with Gasteiger partial charge in [-0.15, -0.1) is 0 Å². The summed E-state index contributed by atoms with van der Waals surface area (Å²) in [7, 11) is 0. The number of hydrazine groups is 1. The minimum Gasteiger partial charge on any atom is -0.444 e. The predicted molar refractivity (Wildman–Crippen MR) is 192 cm³/mol. The van der Waals surface area contributed by atoms with Gasteiger partial charge in [0.2, 0.25) is 5.91 Å². The number of aromatic amines is 1. The van der Waals surface area contributed by atoms with Crippen molar-refractivity contribution in [2.75, 3.05) is 43.2 Å². The molecule has 1 aromatic heterocycles. The van der Waals surface area contributed by atoms with Gasteiger partial charge in [-0.05, 0) is 68.5 Å². The SMILES string of the molecule is C=CC(=O)N1CC(NC(=O)c2ccc3c(c2C(F)F)CN(CNc2n[nH]c4cc(Cl)c(C(C)(C)C)cc24)N3C2CCN(C(=O)OC(C)(C)C)C2)C1. The van der Waals surface area contributed by atoms with Crippen molar-refractivity contribution in [1.29, 1.82) is 0 Å². The molecule has 3 amide bonds. The number of H-pyrrole nitrogens is 1. The van der Waals surface area contributed by atoms with Crippen molar-refractivity contribution in [3.63, 3.8) is 0 Å². The number of benzene rings is 2. The van der Waals surface area contributed by atoms with E-state index in [1.807, 2.05) is 22.2 Å². The van der Waals surface area contributed by atoms with Crippen molar-refractivity contribution in [1.82, 2.24) is 30.3 Å². The Bertz CT molecular complexity index is 1860. The van der Waals surface area contributed by atoms with Crippen LogP contribution in [-0.2, 0) is 21.5 Å². The third kappa shape index (κ3) is 7.34. The first kappa shape index (κ1) is 36.4. The number of anilines is 2. The molecule has 0 aliphatic carbocycles. The maximum atomic E-state index is 15.0. The zero-order valence-electron chi connectivity index (χ0n) is 29.8. The van der Waals surface area contributed by atoms with Crippen LogP contribution in [0.25, 0.3) is 10.9 Å². The number of carbonyl (C=O) groups is 3. The zero-order chi connectivity index (χ0) is 37.0. The van der Waals surface area contributed by atoms with E-state index in [4.69, 9.17) is 16.3 Å². The van der Waals surface area contributed by atoms with E-state index in [-0.39, 0.29) is 60.8 Å². The number of nitrogens with one attached hydrogen (secondary N) is 3. The van der Waals surface area contributed by atoms with Crippen molar-refractivity contribution >= 4 is 51.9 Å². The lowest BCUT2D eigenvalue weighted by Crippen LogP contribution is -2.60. The second-order valence-corrected chi connectivity index (χ2v) is 15.8. The van der Waals surface area contributed by atoms with E-state index < -0.39 is 24.0 Å². The molecule has 3 aliphatic rings. The summed E-state index contributed by atoms with van der Waals surface area (Å²) in [5.41, 5.74) is 1.24. The van der Waals surface area contributed by atoms with Gasteiger partial charge in [-0.1, -0.05) is 39.0 Å². The summed E-state index contributed by atoms with van der Waals surface area (Å²) in [6.07, 6.45) is -1.60. The highest BCUT2D eigenvalue weighted by atomic mass is 35.5. The molecular weight excluding hydrogens is 682 g/mol. The maximum absolute atomic E-state index is 15.0. The lowest BCUT2D eigenvalue weighted by Gasteiger charge is -2.39. The molecule has 3 aromatic rings. The molecule has 274 valence electrons. The number of hydrogen-bond donors (Lipinski definition) is 3. The van der Waals surface area contributed by atoms with Crippen LogP contribution in [0.2, 0.25) is 5.02 Å². The molecule has 1 unspecified atom stereocenters. The van der Waals surface area contributed by atoms with E-state index in [9.17, 15) is 14.4 Å². The lowest BCUT2D eigenvalue weighted by molar-refractivity contribution is -0.130. The third-order valence-electron chi connectivity index (χ3n) is 9.44. The summed E-state index contributed by atoms with van der Waals surface area (Å²) >= 11 is 6.60. The van der Waals surface area contributed by atoms with E-state index in [1.165, 1.54) is 17.0 Å². The Hall–Kier alpha value is -4.43. The molecule has 0 bridgehead atoms. The van der Waals surface area contributed by atoms with Crippen molar-refractivity contribution < 1.29 is 27.9 Å². The third-order valence-corrected chi connectivity index (χ3v) is 9.75. The van der Waals surface area contributed by atoms with E-state index in [0.717, 1.165) is 16.5 Å². The minimum absolute atomic E-state index is 0.0819. The van der Waals surface area contributed by atoms with Crippen molar-refractivity contribution in [3.05, 3.63) is 64.2 Å². The molecule has 2 fully saturated rings. The number of hydrogen-bond acceptors (Lipinski definition) is 8. The first-order valence-corrected chi connectivity index (χ1v) is 17.4. The summed E-state index contributed by atoms with van der Waals surface area (Å²) in [5.74, 6) is -0.303. The van der Waals surface area contributed by atoms with Gasteiger partial charge in [0.1, 0.15) is 5.60 Å². The van der Waals surface area contributed by atoms with Crippen LogP contribution in [0, 0.1) is 0 Å².